The van der Waals surface area contributed by atoms with Crippen LogP contribution in [0.15, 0.2) is 376 Å². The van der Waals surface area contributed by atoms with E-state index in [0.717, 1.165) is 67.5 Å². The zero-order valence-corrected chi connectivity index (χ0v) is 70.2. The second-order valence-corrected chi connectivity index (χ2v) is 37.7. The molecule has 0 saturated heterocycles. The van der Waals surface area contributed by atoms with Crippen LogP contribution in [0.4, 0.5) is 34.1 Å². The van der Waals surface area contributed by atoms with Gasteiger partial charge in [0, 0.05) is 85.3 Å². The monoisotopic (exact) mass is 1560 g/mol. The lowest BCUT2D eigenvalue weighted by atomic mass is 9.33. The Morgan fingerprint density at radius 2 is 0.496 bits per heavy atom. The van der Waals surface area contributed by atoms with E-state index >= 15 is 0 Å². The van der Waals surface area contributed by atoms with E-state index < -0.39 is 0 Å². The van der Waals surface area contributed by atoms with Crippen molar-refractivity contribution in [2.45, 2.75) is 78.6 Å². The third kappa shape index (κ3) is 12.9. The van der Waals surface area contributed by atoms with Crippen LogP contribution < -0.4 is 26.2 Å². The number of hydrogen-bond acceptors (Lipinski definition) is 4. The van der Waals surface area contributed by atoms with Crippen molar-refractivity contribution in [1.82, 2.24) is 0 Å². The number of hydrogen-bond donors (Lipinski definition) is 0. The quantitative estimate of drug-likeness (QED) is 0.113. The van der Waals surface area contributed by atoms with Crippen LogP contribution in [0.2, 0.25) is 0 Å². The van der Waals surface area contributed by atoms with Crippen LogP contribution in [0, 0.1) is 0 Å². The first kappa shape index (κ1) is 73.5. The fourth-order valence-electron chi connectivity index (χ4n) is 18.7. The summed E-state index contributed by atoms with van der Waals surface area (Å²) >= 11 is 3.79. The molecule has 0 amide bonds. The topological polar surface area (TPSA) is 6.48 Å². The highest BCUT2D eigenvalue weighted by molar-refractivity contribution is 7.26. The fourth-order valence-corrected chi connectivity index (χ4v) is 21.0. The van der Waals surface area contributed by atoms with Crippen molar-refractivity contribution in [2.75, 3.05) is 9.80 Å². The first-order valence-electron chi connectivity index (χ1n) is 41.8. The number of fused-ring (bicyclic) bond motifs is 10. The molecular weight excluding hydrogens is 1470 g/mol. The molecule has 2 nitrogen and oxygen atoms in total. The Hall–Kier alpha value is -13.2. The van der Waals surface area contributed by atoms with E-state index in [-0.39, 0.29) is 23.0 Å². The zero-order chi connectivity index (χ0) is 80.6. The average Bonchev–Trinajstić information content (AvgIpc) is 1.63. The van der Waals surface area contributed by atoms with E-state index in [1.54, 1.807) is 0 Å². The molecule has 17 aromatic carbocycles. The van der Waals surface area contributed by atoms with Gasteiger partial charge >= 0.3 is 0 Å². The molecule has 0 atom stereocenters. The smallest absolute Gasteiger partial charge is 0.252 e. The van der Waals surface area contributed by atoms with Gasteiger partial charge in [-0.2, -0.15) is 0 Å². The summed E-state index contributed by atoms with van der Waals surface area (Å²) in [7, 11) is 0. The van der Waals surface area contributed by atoms with Gasteiger partial charge in [-0.3, -0.25) is 0 Å². The molecule has 0 fully saturated rings. The lowest BCUT2D eigenvalue weighted by Crippen LogP contribution is -2.61. The number of rotatable bonds is 12. The minimum Gasteiger partial charge on any atom is -0.310 e. The third-order valence-corrected chi connectivity index (χ3v) is 27.1. The molecule has 0 bridgehead atoms. The number of benzene rings is 17. The molecule has 2 aliphatic heterocycles. The largest absolute Gasteiger partial charge is 0.310 e. The van der Waals surface area contributed by atoms with Crippen molar-refractivity contribution in [3.05, 3.63) is 393 Å². The zero-order valence-electron chi connectivity index (χ0n) is 68.6. The van der Waals surface area contributed by atoms with Crippen LogP contribution in [0.25, 0.3) is 152 Å². The minimum absolute atomic E-state index is 0.221. The summed E-state index contributed by atoms with van der Waals surface area (Å²) in [6, 6.07) is 144. The number of nitrogens with zero attached hydrogens (tertiary/aromatic N) is 2. The first-order chi connectivity index (χ1) is 57.9. The summed E-state index contributed by atoms with van der Waals surface area (Å²) in [5.74, 6) is 0. The fraction of sp³-hybridized carbons (Fsp3) is 0.105. The van der Waals surface area contributed by atoms with Crippen LogP contribution in [0.5, 0.6) is 0 Å². The van der Waals surface area contributed by atoms with Gasteiger partial charge in [0.05, 0.1) is 11.4 Å². The van der Waals surface area contributed by atoms with Crippen molar-refractivity contribution in [3.8, 4) is 111 Å². The van der Waals surface area contributed by atoms with E-state index in [1.807, 2.05) is 22.7 Å². The van der Waals surface area contributed by atoms with Crippen LogP contribution in [-0.4, -0.2) is 6.71 Å². The van der Waals surface area contributed by atoms with Gasteiger partial charge in [0.1, 0.15) is 0 Å². The summed E-state index contributed by atoms with van der Waals surface area (Å²) in [4.78, 5) is 5.58. The summed E-state index contributed by atoms with van der Waals surface area (Å²) in [6.07, 6.45) is 0. The minimum atomic E-state index is -0.384. The lowest BCUT2D eigenvalue weighted by molar-refractivity contribution is 0.590. The molecule has 2 aliphatic rings. The molecule has 2 aromatic heterocycles. The highest BCUT2D eigenvalue weighted by Crippen LogP contribution is 2.58. The molecule has 4 heterocycles. The summed E-state index contributed by atoms with van der Waals surface area (Å²) in [5.41, 5.74) is 36.7. The average molecular weight is 1560 g/mol. The molecule has 0 aliphatic carbocycles. The number of anilines is 6. The van der Waals surface area contributed by atoms with Crippen LogP contribution in [0.3, 0.4) is 0 Å². The van der Waals surface area contributed by atoms with E-state index in [4.69, 9.17) is 0 Å². The predicted octanol–water partition coefficient (Wildman–Crippen LogP) is 31.1. The van der Waals surface area contributed by atoms with Gasteiger partial charge in [-0.15, -0.1) is 22.7 Å². The molecule has 5 heteroatoms. The second-order valence-electron chi connectivity index (χ2n) is 35.5. The molecule has 0 saturated carbocycles. The van der Waals surface area contributed by atoms with Gasteiger partial charge in [0.25, 0.3) is 6.71 Å². The summed E-state index contributed by atoms with van der Waals surface area (Å²) in [6.45, 7) is 21.3. The maximum Gasteiger partial charge on any atom is 0.252 e. The Kier molecular flexibility index (Phi) is 17.8. The Balaban J connectivity index is 0.952. The van der Waals surface area contributed by atoms with Gasteiger partial charge in [-0.05, 0) is 248 Å². The molecule has 570 valence electrons. The normalized spacial score (nSPS) is 12.7. The molecule has 0 spiro atoms. The Bertz CT molecular complexity index is 6890. The number of thiophene rings is 2. The SMILES string of the molecule is CC(C)(C)c1cc(-c2ccccc2)c(N2c3cc(-c4cc(-c5ccccc5)cc(-c5ccccc5)c4)ccc3B3c4ccc(-c5cc(-c6ccccc6)cc(-c6ccccc6)c5)cc4N(c4c(-c5cccc6sc7ccccc7c56)cc(C(C)(C)C)cc4-c4cccc5sc6ccccc6c45)c4cc(C(C)(C)C)cc2c43)c(-c2ccccc2)c1. The Labute approximate surface area is 707 Å². The second kappa shape index (κ2) is 28.9. The van der Waals surface area contributed by atoms with Gasteiger partial charge in [0.15, 0.2) is 0 Å². The van der Waals surface area contributed by atoms with E-state index in [2.05, 4.69) is 448 Å². The van der Waals surface area contributed by atoms with Gasteiger partial charge in [-0.1, -0.05) is 329 Å². The molecule has 0 unspecified atom stereocenters. The van der Waals surface area contributed by atoms with E-state index in [1.165, 1.54) is 151 Å². The molecule has 0 N–H and O–H groups in total. The maximum absolute atomic E-state index is 2.82. The van der Waals surface area contributed by atoms with Crippen LogP contribution in [-0.2, 0) is 16.2 Å². The summed E-state index contributed by atoms with van der Waals surface area (Å²) in [5, 5.41) is 5.07. The molecule has 119 heavy (non-hydrogen) atoms. The first-order valence-corrected chi connectivity index (χ1v) is 43.4. The van der Waals surface area contributed by atoms with Gasteiger partial charge < -0.3 is 9.80 Å². The molecular formula is C114H89BN2S2. The van der Waals surface area contributed by atoms with Crippen LogP contribution >= 0.6 is 22.7 Å². The molecule has 19 aromatic rings. The highest BCUT2D eigenvalue weighted by atomic mass is 32.1. The van der Waals surface area contributed by atoms with E-state index in [9.17, 15) is 0 Å². The molecule has 0 radical (unpaired) electrons. The van der Waals surface area contributed by atoms with Crippen LogP contribution in [0.1, 0.15) is 79.0 Å². The predicted molar refractivity (Wildman–Crippen MR) is 517 cm³/mol. The lowest BCUT2D eigenvalue weighted by Gasteiger charge is -2.47. The van der Waals surface area contributed by atoms with Crippen molar-refractivity contribution in [1.29, 1.82) is 0 Å². The van der Waals surface area contributed by atoms with Crippen molar-refractivity contribution < 1.29 is 0 Å². The van der Waals surface area contributed by atoms with Crippen molar-refractivity contribution in [2.24, 2.45) is 0 Å². The van der Waals surface area contributed by atoms with Gasteiger partial charge in [-0.25, -0.2) is 0 Å². The third-order valence-electron chi connectivity index (χ3n) is 24.9. The van der Waals surface area contributed by atoms with E-state index in [0.29, 0.717) is 0 Å². The Morgan fingerprint density at radius 3 is 0.840 bits per heavy atom. The van der Waals surface area contributed by atoms with Crippen molar-refractivity contribution in [3.63, 3.8) is 0 Å². The highest BCUT2D eigenvalue weighted by Gasteiger charge is 2.47. The summed E-state index contributed by atoms with van der Waals surface area (Å²) < 4.78 is 5.08. The van der Waals surface area contributed by atoms with Crippen molar-refractivity contribution >= 4 is 120 Å². The Morgan fingerprint density at radius 1 is 0.210 bits per heavy atom. The van der Waals surface area contributed by atoms with Gasteiger partial charge in [0.2, 0.25) is 0 Å². The maximum atomic E-state index is 2.82. The molecule has 21 rings (SSSR count). The standard InChI is InChI=1S/C114H89BN2S2/c1-112(2,3)86-66-93(76-42-24-14-25-43-76)110(94(67-86)77-44-26-15-27-45-77)116-99-64-78(84-60-80(72-34-16-10-17-35-72)58-81(61-84)73-36-18-11-19-37-73)54-56-97(99)115-98-57-55-79(85-62-82(74-38-20-12-21-39-74)59-83(63-85)75-40-22-13-23-41-75)65-100(98)117(102-71-88(114(7,8)9)70-101(116)109(102)115)111-95(89-48-32-52-105-107(89)91-46-28-30-50-103(91)118-105)68-87(113(4,5)6)69-96(111)90-49-33-53-106-108(90)92-47-29-31-51-104(92)119-106/h10-71H,1-9H3.